The van der Waals surface area contributed by atoms with Crippen molar-refractivity contribution in [2.75, 3.05) is 51.4 Å². The summed E-state index contributed by atoms with van der Waals surface area (Å²) in [4.78, 5) is 22.4. The van der Waals surface area contributed by atoms with Crippen molar-refractivity contribution in [2.24, 2.45) is 7.05 Å². The van der Waals surface area contributed by atoms with E-state index in [4.69, 9.17) is 14.5 Å². The standard InChI is InChI=1S/C21H27N5O3S/c1-14-5-6-16(28-4)18-19(14)30-21(22-18)26(8-7-25-9-11-29-12-10-25)20(27)17-15(2)13-24(3)23-17/h5-6,13H,7-12H2,1-4H3. The van der Waals surface area contributed by atoms with Gasteiger partial charge in [-0.3, -0.25) is 19.3 Å². The fourth-order valence-corrected chi connectivity index (χ4v) is 4.75. The normalized spacial score (nSPS) is 14.9. The highest BCUT2D eigenvalue weighted by atomic mass is 32.1. The van der Waals surface area contributed by atoms with E-state index in [1.165, 1.54) is 11.3 Å². The Labute approximate surface area is 180 Å². The molecule has 3 heterocycles. The third kappa shape index (κ3) is 4.05. The fraction of sp³-hybridized carbons (Fsp3) is 0.476. The number of thiazole rings is 1. The number of carbonyl (C=O) groups is 1. The SMILES string of the molecule is COc1ccc(C)c2sc(N(CCN3CCOCC3)C(=O)c3nn(C)cc3C)nc12. The average molecular weight is 430 g/mol. The largest absolute Gasteiger partial charge is 0.494 e. The topological polar surface area (TPSA) is 72.7 Å². The Hall–Kier alpha value is -2.49. The Bertz CT molecular complexity index is 1050. The molecule has 0 atom stereocenters. The molecule has 0 N–H and O–H groups in total. The second-order valence-corrected chi connectivity index (χ2v) is 8.48. The summed E-state index contributed by atoms with van der Waals surface area (Å²) in [5.74, 6) is 0.588. The van der Waals surface area contributed by atoms with E-state index in [1.807, 2.05) is 39.2 Å². The molecule has 0 unspecified atom stereocenters. The quantitative estimate of drug-likeness (QED) is 0.600. The van der Waals surface area contributed by atoms with Crippen molar-refractivity contribution < 1.29 is 14.3 Å². The van der Waals surface area contributed by atoms with Gasteiger partial charge in [0.1, 0.15) is 11.3 Å². The predicted octanol–water partition coefficient (Wildman–Crippen LogP) is 2.63. The van der Waals surface area contributed by atoms with Gasteiger partial charge in [-0.15, -0.1) is 0 Å². The molecule has 1 aliphatic rings. The van der Waals surface area contributed by atoms with Crippen molar-refractivity contribution in [3.63, 3.8) is 0 Å². The predicted molar refractivity (Wildman–Crippen MR) is 118 cm³/mol. The summed E-state index contributed by atoms with van der Waals surface area (Å²) in [6, 6.07) is 3.94. The van der Waals surface area contributed by atoms with Crippen molar-refractivity contribution >= 4 is 32.6 Å². The minimum absolute atomic E-state index is 0.128. The van der Waals surface area contributed by atoms with Crippen LogP contribution >= 0.6 is 11.3 Å². The molecule has 8 nitrogen and oxygen atoms in total. The smallest absolute Gasteiger partial charge is 0.280 e. The summed E-state index contributed by atoms with van der Waals surface area (Å²) in [5.41, 5.74) is 3.22. The van der Waals surface area contributed by atoms with Gasteiger partial charge in [-0.2, -0.15) is 5.10 Å². The third-order valence-electron chi connectivity index (χ3n) is 5.35. The first kappa shape index (κ1) is 20.8. The summed E-state index contributed by atoms with van der Waals surface area (Å²) in [6.07, 6.45) is 1.86. The van der Waals surface area contributed by atoms with Crippen LogP contribution in [0.3, 0.4) is 0 Å². The molecule has 30 heavy (non-hydrogen) atoms. The van der Waals surface area contributed by atoms with Crippen LogP contribution in [0.25, 0.3) is 10.2 Å². The second-order valence-electron chi connectivity index (χ2n) is 7.50. The van der Waals surface area contributed by atoms with Crippen LogP contribution in [0, 0.1) is 13.8 Å². The van der Waals surface area contributed by atoms with Gasteiger partial charge in [-0.05, 0) is 25.5 Å². The first-order valence-corrected chi connectivity index (χ1v) is 10.9. The number of anilines is 1. The molecule has 0 spiro atoms. The van der Waals surface area contributed by atoms with E-state index in [0.29, 0.717) is 23.1 Å². The van der Waals surface area contributed by atoms with Gasteiger partial charge in [0.2, 0.25) is 0 Å². The van der Waals surface area contributed by atoms with Gasteiger partial charge in [0.25, 0.3) is 5.91 Å². The van der Waals surface area contributed by atoms with Crippen LogP contribution in [0.2, 0.25) is 0 Å². The van der Waals surface area contributed by atoms with Crippen molar-refractivity contribution in [3.8, 4) is 5.75 Å². The molecule has 1 aliphatic heterocycles. The summed E-state index contributed by atoms with van der Waals surface area (Å²) in [7, 11) is 3.47. The van der Waals surface area contributed by atoms with E-state index in [1.54, 1.807) is 16.7 Å². The summed E-state index contributed by atoms with van der Waals surface area (Å²) < 4.78 is 13.7. The Kier molecular flexibility index (Phi) is 6.03. The van der Waals surface area contributed by atoms with Crippen LogP contribution in [-0.2, 0) is 11.8 Å². The van der Waals surface area contributed by atoms with Crippen molar-refractivity contribution in [2.45, 2.75) is 13.8 Å². The number of benzene rings is 1. The maximum Gasteiger partial charge on any atom is 0.280 e. The molecule has 9 heteroatoms. The zero-order chi connectivity index (χ0) is 21.3. The molecule has 1 amide bonds. The number of morpholine rings is 1. The first-order valence-electron chi connectivity index (χ1n) is 10.0. The Morgan fingerprint density at radius 3 is 2.70 bits per heavy atom. The van der Waals surface area contributed by atoms with Crippen molar-refractivity contribution in [1.29, 1.82) is 0 Å². The Morgan fingerprint density at radius 1 is 1.27 bits per heavy atom. The van der Waals surface area contributed by atoms with Crippen LogP contribution in [0.4, 0.5) is 5.13 Å². The average Bonchev–Trinajstić information content (AvgIpc) is 3.33. The van der Waals surface area contributed by atoms with E-state index in [-0.39, 0.29) is 5.91 Å². The molecule has 2 aromatic heterocycles. The molecule has 1 aromatic carbocycles. The zero-order valence-electron chi connectivity index (χ0n) is 17.8. The number of aromatic nitrogens is 3. The Balaban J connectivity index is 1.70. The molecule has 0 saturated carbocycles. The number of hydrogen-bond donors (Lipinski definition) is 0. The number of ether oxygens (including phenoxy) is 2. The van der Waals surface area contributed by atoms with E-state index in [0.717, 1.165) is 54.2 Å². The maximum atomic E-state index is 13.5. The monoisotopic (exact) mass is 429 g/mol. The van der Waals surface area contributed by atoms with Crippen LogP contribution in [0.1, 0.15) is 21.6 Å². The summed E-state index contributed by atoms with van der Waals surface area (Å²) in [6.45, 7) is 8.45. The van der Waals surface area contributed by atoms with Gasteiger partial charge in [0.05, 0.1) is 25.0 Å². The molecule has 0 aliphatic carbocycles. The zero-order valence-corrected chi connectivity index (χ0v) is 18.7. The van der Waals surface area contributed by atoms with Gasteiger partial charge < -0.3 is 9.47 Å². The van der Waals surface area contributed by atoms with E-state index in [9.17, 15) is 4.79 Å². The molecule has 1 fully saturated rings. The highest BCUT2D eigenvalue weighted by Gasteiger charge is 2.26. The third-order valence-corrected chi connectivity index (χ3v) is 6.56. The fourth-order valence-electron chi connectivity index (χ4n) is 3.67. The van der Waals surface area contributed by atoms with E-state index in [2.05, 4.69) is 10.00 Å². The molecule has 0 radical (unpaired) electrons. The van der Waals surface area contributed by atoms with Gasteiger partial charge in [-0.25, -0.2) is 4.98 Å². The number of methoxy groups -OCH3 is 1. The van der Waals surface area contributed by atoms with Crippen molar-refractivity contribution in [1.82, 2.24) is 19.7 Å². The minimum atomic E-state index is -0.128. The molecular formula is C21H27N5O3S. The first-order chi connectivity index (χ1) is 14.5. The number of rotatable bonds is 6. The maximum absolute atomic E-state index is 13.5. The molecule has 0 bridgehead atoms. The molecule has 4 rings (SSSR count). The van der Waals surface area contributed by atoms with Gasteiger partial charge >= 0.3 is 0 Å². The number of hydrogen-bond acceptors (Lipinski definition) is 7. The minimum Gasteiger partial charge on any atom is -0.494 e. The van der Waals surface area contributed by atoms with E-state index >= 15 is 0 Å². The van der Waals surface area contributed by atoms with Crippen molar-refractivity contribution in [3.05, 3.63) is 35.2 Å². The van der Waals surface area contributed by atoms with Gasteiger partial charge in [-0.1, -0.05) is 17.4 Å². The number of aryl methyl sites for hydroxylation is 3. The van der Waals surface area contributed by atoms with Crippen LogP contribution in [-0.4, -0.2) is 72.1 Å². The second kappa shape index (κ2) is 8.71. The molecular weight excluding hydrogens is 402 g/mol. The number of carbonyl (C=O) groups excluding carboxylic acids is 1. The summed E-state index contributed by atoms with van der Waals surface area (Å²) in [5, 5.41) is 5.07. The van der Waals surface area contributed by atoms with Gasteiger partial charge in [0, 0.05) is 45.0 Å². The van der Waals surface area contributed by atoms with E-state index < -0.39 is 0 Å². The molecule has 3 aromatic rings. The lowest BCUT2D eigenvalue weighted by molar-refractivity contribution is 0.0391. The lowest BCUT2D eigenvalue weighted by Gasteiger charge is -2.29. The lowest BCUT2D eigenvalue weighted by Crippen LogP contribution is -2.43. The van der Waals surface area contributed by atoms with Crippen LogP contribution in [0.15, 0.2) is 18.3 Å². The molecule has 160 valence electrons. The number of amides is 1. The van der Waals surface area contributed by atoms with Crippen LogP contribution in [0.5, 0.6) is 5.75 Å². The highest BCUT2D eigenvalue weighted by molar-refractivity contribution is 7.22. The summed E-state index contributed by atoms with van der Waals surface area (Å²) >= 11 is 1.52. The molecule has 1 saturated heterocycles. The number of nitrogens with zero attached hydrogens (tertiary/aromatic N) is 5. The highest BCUT2D eigenvalue weighted by Crippen LogP contribution is 2.36. The lowest BCUT2D eigenvalue weighted by atomic mass is 10.2. The van der Waals surface area contributed by atoms with Crippen LogP contribution < -0.4 is 9.64 Å². The van der Waals surface area contributed by atoms with Gasteiger partial charge in [0.15, 0.2) is 10.8 Å². The number of fused-ring (bicyclic) bond motifs is 1. The Morgan fingerprint density at radius 2 is 2.03 bits per heavy atom.